The minimum atomic E-state index is -0.505. The zero-order valence-electron chi connectivity index (χ0n) is 12.7. The molecule has 2 rings (SSSR count). The second-order valence-corrected chi connectivity index (χ2v) is 5.10. The first-order valence-corrected chi connectivity index (χ1v) is 7.22. The standard InChI is InChI=1S/C15H16ClFN4O2/c1-9-19-13(15(22)18-5-6-23-2)8-14(20-9)21-10-3-4-12(17)11(16)7-10/h3-4,7-8H,5-6H2,1-2H3,(H,18,22)(H,19,20,21). The van der Waals surface area contributed by atoms with Crippen molar-refractivity contribution >= 4 is 29.0 Å². The summed E-state index contributed by atoms with van der Waals surface area (Å²) in [6, 6.07) is 5.72. The number of aromatic nitrogens is 2. The molecule has 23 heavy (non-hydrogen) atoms. The Hall–Kier alpha value is -2.25. The van der Waals surface area contributed by atoms with Crippen molar-refractivity contribution in [1.29, 1.82) is 0 Å². The molecule has 0 bridgehead atoms. The summed E-state index contributed by atoms with van der Waals surface area (Å²) < 4.78 is 18.0. The van der Waals surface area contributed by atoms with E-state index in [0.717, 1.165) is 0 Å². The molecule has 0 spiro atoms. The van der Waals surface area contributed by atoms with Gasteiger partial charge in [0.15, 0.2) is 0 Å². The van der Waals surface area contributed by atoms with Crippen LogP contribution in [0.5, 0.6) is 0 Å². The van der Waals surface area contributed by atoms with E-state index in [0.29, 0.717) is 30.5 Å². The van der Waals surface area contributed by atoms with Crippen molar-refractivity contribution in [2.24, 2.45) is 0 Å². The molecule has 1 heterocycles. The first-order valence-electron chi connectivity index (χ1n) is 6.84. The Morgan fingerprint density at radius 3 is 2.83 bits per heavy atom. The van der Waals surface area contributed by atoms with Crippen molar-refractivity contribution in [3.05, 3.63) is 46.6 Å². The van der Waals surface area contributed by atoms with Gasteiger partial charge in [0.2, 0.25) is 0 Å². The number of benzene rings is 1. The van der Waals surface area contributed by atoms with E-state index < -0.39 is 5.82 Å². The number of carbonyl (C=O) groups excluding carboxylic acids is 1. The number of nitrogens with one attached hydrogen (secondary N) is 2. The topological polar surface area (TPSA) is 76.1 Å². The lowest BCUT2D eigenvalue weighted by molar-refractivity contribution is 0.0932. The Morgan fingerprint density at radius 2 is 2.13 bits per heavy atom. The number of aryl methyl sites for hydroxylation is 1. The predicted octanol–water partition coefficient (Wildman–Crippen LogP) is 2.70. The van der Waals surface area contributed by atoms with Gasteiger partial charge in [-0.25, -0.2) is 14.4 Å². The van der Waals surface area contributed by atoms with Crippen LogP contribution in [0.2, 0.25) is 5.02 Å². The molecule has 0 radical (unpaired) electrons. The summed E-state index contributed by atoms with van der Waals surface area (Å²) in [6.45, 7) is 2.47. The van der Waals surface area contributed by atoms with Gasteiger partial charge in [0.05, 0.1) is 11.6 Å². The van der Waals surface area contributed by atoms with Gasteiger partial charge in [-0.15, -0.1) is 0 Å². The largest absolute Gasteiger partial charge is 0.383 e. The maximum atomic E-state index is 13.2. The third-order valence-electron chi connectivity index (χ3n) is 2.85. The van der Waals surface area contributed by atoms with Crippen LogP contribution in [0.1, 0.15) is 16.3 Å². The van der Waals surface area contributed by atoms with Crippen LogP contribution in [0, 0.1) is 12.7 Å². The summed E-state index contributed by atoms with van der Waals surface area (Å²) in [5, 5.41) is 5.65. The molecular weight excluding hydrogens is 323 g/mol. The fourth-order valence-electron chi connectivity index (χ4n) is 1.83. The SMILES string of the molecule is COCCNC(=O)c1cc(Nc2ccc(F)c(Cl)c2)nc(C)n1. The summed E-state index contributed by atoms with van der Waals surface area (Å²) in [5.74, 6) is 0.0131. The van der Waals surface area contributed by atoms with E-state index in [2.05, 4.69) is 20.6 Å². The predicted molar refractivity (Wildman–Crippen MR) is 85.7 cm³/mol. The van der Waals surface area contributed by atoms with Crippen LogP contribution in [0.3, 0.4) is 0 Å². The molecule has 0 aliphatic carbocycles. The first kappa shape index (κ1) is 17.1. The lowest BCUT2D eigenvalue weighted by Crippen LogP contribution is -2.28. The van der Waals surface area contributed by atoms with Crippen molar-refractivity contribution in [3.63, 3.8) is 0 Å². The van der Waals surface area contributed by atoms with Crippen molar-refractivity contribution < 1.29 is 13.9 Å². The highest BCUT2D eigenvalue weighted by Crippen LogP contribution is 2.22. The molecule has 122 valence electrons. The number of methoxy groups -OCH3 is 1. The molecule has 1 aromatic carbocycles. The normalized spacial score (nSPS) is 10.4. The molecule has 1 aromatic heterocycles. The van der Waals surface area contributed by atoms with Gasteiger partial charge in [-0.05, 0) is 25.1 Å². The molecule has 0 saturated heterocycles. The molecule has 2 N–H and O–H groups in total. The number of nitrogens with zero attached hydrogens (tertiary/aromatic N) is 2. The van der Waals surface area contributed by atoms with E-state index >= 15 is 0 Å². The second kappa shape index (κ2) is 7.85. The molecule has 8 heteroatoms. The molecule has 1 amide bonds. The average Bonchev–Trinajstić information content (AvgIpc) is 2.50. The monoisotopic (exact) mass is 338 g/mol. The van der Waals surface area contributed by atoms with Crippen LogP contribution in [0.15, 0.2) is 24.3 Å². The van der Waals surface area contributed by atoms with Crippen LogP contribution in [0.4, 0.5) is 15.9 Å². The fourth-order valence-corrected chi connectivity index (χ4v) is 2.01. The van der Waals surface area contributed by atoms with Crippen LogP contribution in [0.25, 0.3) is 0 Å². The molecular formula is C15H16ClFN4O2. The summed E-state index contributed by atoms with van der Waals surface area (Å²) in [7, 11) is 1.55. The Labute approximate surface area is 138 Å². The average molecular weight is 339 g/mol. The van der Waals surface area contributed by atoms with E-state index in [1.54, 1.807) is 14.0 Å². The molecule has 0 saturated carbocycles. The third-order valence-corrected chi connectivity index (χ3v) is 3.14. The lowest BCUT2D eigenvalue weighted by atomic mass is 10.3. The van der Waals surface area contributed by atoms with Crippen molar-refractivity contribution in [2.45, 2.75) is 6.92 Å². The number of rotatable bonds is 6. The zero-order chi connectivity index (χ0) is 16.8. The van der Waals surface area contributed by atoms with Crippen LogP contribution in [-0.2, 0) is 4.74 Å². The quantitative estimate of drug-likeness (QED) is 0.792. The summed E-state index contributed by atoms with van der Waals surface area (Å²) in [4.78, 5) is 20.3. The van der Waals surface area contributed by atoms with Crippen molar-refractivity contribution in [3.8, 4) is 0 Å². The molecule has 6 nitrogen and oxygen atoms in total. The maximum Gasteiger partial charge on any atom is 0.270 e. The fraction of sp³-hybridized carbons (Fsp3) is 0.267. The number of halogens is 2. The second-order valence-electron chi connectivity index (χ2n) is 4.69. The van der Waals surface area contributed by atoms with E-state index in [4.69, 9.17) is 16.3 Å². The van der Waals surface area contributed by atoms with E-state index in [1.165, 1.54) is 24.3 Å². The minimum absolute atomic E-state index is 0.00156. The molecule has 0 aliphatic rings. The molecule has 0 unspecified atom stereocenters. The van der Waals surface area contributed by atoms with E-state index in [-0.39, 0.29) is 16.6 Å². The van der Waals surface area contributed by atoms with Crippen molar-refractivity contribution in [2.75, 3.05) is 25.6 Å². The van der Waals surface area contributed by atoms with Gasteiger partial charge in [-0.3, -0.25) is 4.79 Å². The molecule has 0 aliphatic heterocycles. The Bertz CT molecular complexity index is 712. The van der Waals surface area contributed by atoms with Gasteiger partial charge in [0.25, 0.3) is 5.91 Å². The van der Waals surface area contributed by atoms with E-state index in [1.807, 2.05) is 0 Å². The van der Waals surface area contributed by atoms with Gasteiger partial charge < -0.3 is 15.4 Å². The van der Waals surface area contributed by atoms with Gasteiger partial charge >= 0.3 is 0 Å². The maximum absolute atomic E-state index is 13.2. The van der Waals surface area contributed by atoms with Gasteiger partial charge in [0.1, 0.15) is 23.2 Å². The number of hydrogen-bond acceptors (Lipinski definition) is 5. The number of amides is 1. The Kier molecular flexibility index (Phi) is 5.84. The lowest BCUT2D eigenvalue weighted by Gasteiger charge is -2.09. The first-order chi connectivity index (χ1) is 11.0. The minimum Gasteiger partial charge on any atom is -0.383 e. The highest BCUT2D eigenvalue weighted by atomic mass is 35.5. The number of hydrogen-bond donors (Lipinski definition) is 2. The van der Waals surface area contributed by atoms with Gasteiger partial charge in [0, 0.05) is 25.4 Å². The van der Waals surface area contributed by atoms with Crippen LogP contribution < -0.4 is 10.6 Å². The number of ether oxygens (including phenoxy) is 1. The molecule has 0 fully saturated rings. The van der Waals surface area contributed by atoms with E-state index in [9.17, 15) is 9.18 Å². The molecule has 0 atom stereocenters. The van der Waals surface area contributed by atoms with Gasteiger partial charge in [-0.1, -0.05) is 11.6 Å². The number of anilines is 2. The highest BCUT2D eigenvalue weighted by Gasteiger charge is 2.10. The van der Waals surface area contributed by atoms with Gasteiger partial charge in [-0.2, -0.15) is 0 Å². The summed E-state index contributed by atoms with van der Waals surface area (Å²) >= 11 is 5.74. The third kappa shape index (κ3) is 4.87. The zero-order valence-corrected chi connectivity index (χ0v) is 13.4. The van der Waals surface area contributed by atoms with Crippen molar-refractivity contribution in [1.82, 2.24) is 15.3 Å². The smallest absolute Gasteiger partial charge is 0.270 e. The van der Waals surface area contributed by atoms with Crippen LogP contribution >= 0.6 is 11.6 Å². The summed E-state index contributed by atoms with van der Waals surface area (Å²) in [5.41, 5.74) is 0.782. The number of carbonyl (C=O) groups is 1. The molecule has 2 aromatic rings. The van der Waals surface area contributed by atoms with Crippen LogP contribution in [-0.4, -0.2) is 36.1 Å². The summed E-state index contributed by atoms with van der Waals surface area (Å²) in [6.07, 6.45) is 0. The Morgan fingerprint density at radius 1 is 1.35 bits per heavy atom. The highest BCUT2D eigenvalue weighted by molar-refractivity contribution is 6.31. The Balaban J connectivity index is 2.16.